The van der Waals surface area contributed by atoms with E-state index < -0.39 is 0 Å². The summed E-state index contributed by atoms with van der Waals surface area (Å²) in [6, 6.07) is 171. The van der Waals surface area contributed by atoms with Gasteiger partial charge in [-0.1, -0.05) is 394 Å². The first-order valence-corrected chi connectivity index (χ1v) is 52.3. The molecule has 9 aromatic heterocycles. The molecule has 21 aromatic carbocycles. The number of hydrogen-bond acceptors (Lipinski definition) is 15. The molecule has 9 heterocycles. The highest BCUT2D eigenvalue weighted by Gasteiger charge is 2.25. The van der Waals surface area contributed by atoms with Crippen LogP contribution in [0.25, 0.3) is 296 Å². The van der Waals surface area contributed by atoms with Gasteiger partial charge < -0.3 is 13.3 Å². The predicted octanol–water partition coefficient (Wildman–Crippen LogP) is 37.4. The zero-order valence-corrected chi connectivity index (χ0v) is 82.7. The zero-order valence-electron chi connectivity index (χ0n) is 80.2. The van der Waals surface area contributed by atoms with Crippen molar-refractivity contribution >= 4 is 160 Å². The highest BCUT2D eigenvalue weighted by molar-refractivity contribution is 7.26. The van der Waals surface area contributed by atoms with Gasteiger partial charge in [-0.15, -0.1) is 34.0 Å². The minimum atomic E-state index is 0.585. The summed E-state index contributed by atoms with van der Waals surface area (Å²) in [6.45, 7) is 0. The van der Waals surface area contributed by atoms with Crippen molar-refractivity contribution in [2.75, 3.05) is 0 Å². The fraction of sp³-hybridized carbons (Fsp3) is 0. The van der Waals surface area contributed by atoms with Crippen LogP contribution in [0.5, 0.6) is 0 Å². The first-order valence-electron chi connectivity index (χ1n) is 49.8. The topological polar surface area (TPSA) is 155 Å². The second kappa shape index (κ2) is 37.7. The van der Waals surface area contributed by atoms with E-state index in [9.17, 15) is 0 Å². The number of rotatable bonds is 15. The van der Waals surface area contributed by atoms with E-state index in [-0.39, 0.29) is 0 Å². The SMILES string of the molecule is c1ccc(-c2ccc(-c3nc(-c4ccc(-c5ccccc5)cc4)nc(-c4ccc5c(c4)oc4cccc(-c6ccc7c(c6)sc6ccccc67)c45)n3)cc2)cc1.c1ccc(-c2ccc3sc4cc(-c5cccc6oc7cc(-c8nc(-c9ccccc9)nc(-c9ccccc9)n8)ccc7c56)ccc4c3c2)cc1.c1ccc(-c2nc(-c3ccccc3)nc(-c3ccc4c(c3)oc3cccc(-c5cccc6sc7ccccc7c56)c34)n2)cc1. The Kier molecular flexibility index (Phi) is 22.2. The van der Waals surface area contributed by atoms with E-state index in [4.69, 9.17) is 58.1 Å². The Morgan fingerprint density at radius 3 is 0.753 bits per heavy atom. The van der Waals surface area contributed by atoms with Gasteiger partial charge in [-0.2, -0.15) is 0 Å². The van der Waals surface area contributed by atoms with Gasteiger partial charge in [-0.3, -0.25) is 0 Å². The average molecular weight is 1970 g/mol. The predicted molar refractivity (Wildman–Crippen MR) is 622 cm³/mol. The summed E-state index contributed by atoms with van der Waals surface area (Å²) >= 11 is 5.52. The zero-order chi connectivity index (χ0) is 99.1. The minimum absolute atomic E-state index is 0.585. The summed E-state index contributed by atoms with van der Waals surface area (Å²) in [5.74, 6) is 5.56. The fourth-order valence-corrected chi connectivity index (χ4v) is 24.2. The maximum absolute atomic E-state index is 6.58. The van der Waals surface area contributed by atoms with E-state index in [1.807, 2.05) is 186 Å². The molecule has 0 saturated carbocycles. The lowest BCUT2D eigenvalue weighted by Gasteiger charge is -2.10. The van der Waals surface area contributed by atoms with Crippen molar-refractivity contribution in [1.29, 1.82) is 0 Å². The number of thiophene rings is 3. The van der Waals surface area contributed by atoms with Crippen molar-refractivity contribution in [2.24, 2.45) is 0 Å². The molecular formula is C135H81N9O3S3. The first kappa shape index (κ1) is 88.4. The molecule has 0 atom stereocenters. The number of nitrogens with zero attached hydrogens (tertiary/aromatic N) is 9. The second-order valence-corrected chi connectivity index (χ2v) is 40.5. The third-order valence-corrected chi connectivity index (χ3v) is 31.5. The van der Waals surface area contributed by atoms with Gasteiger partial charge in [-0.25, -0.2) is 44.9 Å². The van der Waals surface area contributed by atoms with Crippen LogP contribution in [0.2, 0.25) is 0 Å². The van der Waals surface area contributed by atoms with Gasteiger partial charge >= 0.3 is 0 Å². The second-order valence-electron chi connectivity index (χ2n) is 37.2. The summed E-state index contributed by atoms with van der Waals surface area (Å²) in [5, 5.41) is 14.2. The normalized spacial score (nSPS) is 11.6. The average Bonchev–Trinajstić information content (AvgIpc) is 1.59. The molecule has 0 aliphatic heterocycles. The highest BCUT2D eigenvalue weighted by atomic mass is 32.1. The minimum Gasteiger partial charge on any atom is -0.456 e. The lowest BCUT2D eigenvalue weighted by atomic mass is 9.95. The van der Waals surface area contributed by atoms with Gasteiger partial charge in [-0.05, 0) is 164 Å². The molecule has 0 aliphatic carbocycles. The molecule has 0 N–H and O–H groups in total. The molecule has 0 unspecified atom stereocenters. The molecule has 30 aromatic rings. The Morgan fingerprint density at radius 2 is 0.360 bits per heavy atom. The van der Waals surface area contributed by atoms with Gasteiger partial charge in [0, 0.05) is 143 Å². The smallest absolute Gasteiger partial charge is 0.164 e. The van der Waals surface area contributed by atoms with Crippen molar-refractivity contribution in [3.63, 3.8) is 0 Å². The Labute approximate surface area is 872 Å². The van der Waals surface area contributed by atoms with E-state index in [2.05, 4.69) is 340 Å². The molecule has 0 bridgehead atoms. The molecule has 0 aliphatic rings. The van der Waals surface area contributed by atoms with Gasteiger partial charge in [0.2, 0.25) is 0 Å². The van der Waals surface area contributed by atoms with Crippen molar-refractivity contribution in [2.45, 2.75) is 0 Å². The maximum atomic E-state index is 6.58. The van der Waals surface area contributed by atoms with Gasteiger partial charge in [0.1, 0.15) is 33.5 Å². The highest BCUT2D eigenvalue weighted by Crippen LogP contribution is 2.49. The maximum Gasteiger partial charge on any atom is 0.164 e. The van der Waals surface area contributed by atoms with Crippen LogP contribution in [0.15, 0.2) is 505 Å². The van der Waals surface area contributed by atoms with E-state index in [0.29, 0.717) is 52.4 Å². The summed E-state index contributed by atoms with van der Waals surface area (Å²) in [4.78, 5) is 44.6. The summed E-state index contributed by atoms with van der Waals surface area (Å²) < 4.78 is 27.4. The lowest BCUT2D eigenvalue weighted by molar-refractivity contribution is 0.668. The van der Waals surface area contributed by atoms with Gasteiger partial charge in [0.25, 0.3) is 0 Å². The molecule has 0 fully saturated rings. The van der Waals surface area contributed by atoms with E-state index >= 15 is 0 Å². The number of benzene rings is 21. The van der Waals surface area contributed by atoms with Crippen LogP contribution in [-0.4, -0.2) is 44.9 Å². The Hall–Kier alpha value is -19.3. The molecule has 30 rings (SSSR count). The van der Waals surface area contributed by atoms with Crippen LogP contribution in [-0.2, 0) is 0 Å². The van der Waals surface area contributed by atoms with E-state index in [1.165, 1.54) is 93.9 Å². The van der Waals surface area contributed by atoms with Crippen molar-refractivity contribution in [3.8, 4) is 169 Å². The summed E-state index contributed by atoms with van der Waals surface area (Å²) in [5.41, 5.74) is 27.2. The molecule has 0 radical (unpaired) electrons. The summed E-state index contributed by atoms with van der Waals surface area (Å²) in [7, 11) is 0. The number of aromatic nitrogens is 9. The lowest BCUT2D eigenvalue weighted by Crippen LogP contribution is -2.00. The van der Waals surface area contributed by atoms with Crippen LogP contribution in [0, 0.1) is 0 Å². The Bertz CT molecular complexity index is 10200. The van der Waals surface area contributed by atoms with Crippen LogP contribution in [0.1, 0.15) is 0 Å². The molecule has 0 amide bonds. The van der Waals surface area contributed by atoms with Crippen LogP contribution in [0.3, 0.4) is 0 Å². The summed E-state index contributed by atoms with van der Waals surface area (Å²) in [6.07, 6.45) is 0. The largest absolute Gasteiger partial charge is 0.456 e. The Morgan fingerprint density at radius 1 is 0.120 bits per heavy atom. The molecule has 702 valence electrons. The Balaban J connectivity index is 0.000000109. The standard InChI is InChI=1S/C51H31N3OS.C45H27N3OS.C39H23N3OS/c1-3-10-32(11-4-1)34-18-22-36(23-19-34)49-52-50(37-24-20-35(21-25-37)33-12-5-2-6-13-33)54-51(53-49)39-27-29-43-45(30-39)55-44-16-9-15-40(48(43)44)38-26-28-42-41-14-7-8-17-46(41)56-47(42)31-38;1-4-11-28(12-5-1)31-21-24-40-37(25-31)35-22-19-32(27-41(35)50-40)34-17-10-18-38-42(34)36-23-20-33(26-39(36)49-38)45-47-43(29-13-6-2-7-14-29)46-44(48-45)30-15-8-3-9-16-30;1-3-11-24(12-4-1)37-40-38(25-13-5-2-6-14-25)42-39(41-37)26-21-22-29-32(23-26)43-31-18-9-16-27(35(29)31)28-17-10-20-34-36(28)30-15-7-8-19-33(30)44-34/h1-31H;1-27H;1-23H. The molecule has 150 heavy (non-hydrogen) atoms. The number of hydrogen-bond donors (Lipinski definition) is 0. The monoisotopic (exact) mass is 1970 g/mol. The van der Waals surface area contributed by atoms with Crippen molar-refractivity contribution < 1.29 is 13.3 Å². The number of furan rings is 3. The molecular weight excluding hydrogens is 1890 g/mol. The molecule has 0 saturated heterocycles. The van der Waals surface area contributed by atoms with Crippen LogP contribution >= 0.6 is 34.0 Å². The molecule has 12 nitrogen and oxygen atoms in total. The quantitative estimate of drug-likeness (QED) is 0.0959. The number of fused-ring (bicyclic) bond motifs is 18. The fourth-order valence-electron chi connectivity index (χ4n) is 20.8. The van der Waals surface area contributed by atoms with Crippen molar-refractivity contribution in [3.05, 3.63) is 491 Å². The van der Waals surface area contributed by atoms with Gasteiger partial charge in [0.05, 0.1) is 0 Å². The van der Waals surface area contributed by atoms with Crippen LogP contribution < -0.4 is 0 Å². The molecule has 0 spiro atoms. The van der Waals surface area contributed by atoms with Crippen molar-refractivity contribution in [1.82, 2.24) is 44.9 Å². The molecule has 15 heteroatoms. The van der Waals surface area contributed by atoms with Crippen LogP contribution in [0.4, 0.5) is 0 Å². The first-order chi connectivity index (χ1) is 74.3. The van der Waals surface area contributed by atoms with E-state index in [0.717, 1.165) is 149 Å². The third-order valence-electron chi connectivity index (χ3n) is 28.1. The van der Waals surface area contributed by atoms with Gasteiger partial charge in [0.15, 0.2) is 52.4 Å². The third kappa shape index (κ3) is 16.5. The van der Waals surface area contributed by atoms with E-state index in [1.54, 1.807) is 0 Å².